The molecule has 174 valence electrons. The summed E-state index contributed by atoms with van der Waals surface area (Å²) in [4.78, 5) is 19.8. The minimum atomic E-state index is 0.00657. The zero-order valence-electron chi connectivity index (χ0n) is 19.9. The van der Waals surface area contributed by atoms with E-state index in [1.54, 1.807) is 0 Å². The molecule has 2 heterocycles. The first-order valence-electron chi connectivity index (χ1n) is 12.3. The lowest BCUT2D eigenvalue weighted by Gasteiger charge is -2.20. The summed E-state index contributed by atoms with van der Waals surface area (Å²) in [6, 6.07) is 14.1. The number of hydrogen-bond acceptors (Lipinski definition) is 4. The summed E-state index contributed by atoms with van der Waals surface area (Å²) < 4.78 is 2.66. The third kappa shape index (κ3) is 4.84. The zero-order valence-corrected chi connectivity index (χ0v) is 20.8. The van der Waals surface area contributed by atoms with Crippen molar-refractivity contribution in [1.82, 2.24) is 9.55 Å². The minimum absolute atomic E-state index is 0.00657. The average Bonchev–Trinajstić information content (AvgIpc) is 3.20. The molecule has 0 aliphatic heterocycles. The van der Waals surface area contributed by atoms with E-state index in [-0.39, 0.29) is 17.2 Å². The molecule has 0 saturated heterocycles. The number of unbranched alkanes of at least 4 members (excludes halogenated alkanes) is 2. The van der Waals surface area contributed by atoms with Crippen LogP contribution in [0.2, 0.25) is 0 Å². The monoisotopic (exact) mass is 462 g/mol. The van der Waals surface area contributed by atoms with Gasteiger partial charge in [-0.2, -0.15) is 0 Å². The van der Waals surface area contributed by atoms with E-state index >= 15 is 0 Å². The summed E-state index contributed by atoms with van der Waals surface area (Å²) in [6.07, 6.45) is 7.26. The van der Waals surface area contributed by atoms with Crippen LogP contribution in [0.1, 0.15) is 82.2 Å². The lowest BCUT2D eigenvalue weighted by Crippen LogP contribution is -2.27. The van der Waals surface area contributed by atoms with E-state index < -0.39 is 0 Å². The molecule has 33 heavy (non-hydrogen) atoms. The van der Waals surface area contributed by atoms with Crippen molar-refractivity contribution in [2.75, 3.05) is 0 Å². The number of nitrogens with zero attached hydrogens (tertiary/aromatic N) is 2. The topological polar surface area (TPSA) is 55.1 Å². The van der Waals surface area contributed by atoms with Gasteiger partial charge < -0.3 is 5.11 Å². The summed E-state index contributed by atoms with van der Waals surface area (Å²) in [5, 5.41) is 12.3. The second kappa shape index (κ2) is 10.5. The summed E-state index contributed by atoms with van der Waals surface area (Å²) in [6.45, 7) is 7.06. The maximum absolute atomic E-state index is 14.0. The zero-order chi connectivity index (χ0) is 23.4. The maximum Gasteiger partial charge on any atom is 0.263 e. The van der Waals surface area contributed by atoms with Crippen LogP contribution < -0.4 is 5.56 Å². The summed E-state index contributed by atoms with van der Waals surface area (Å²) >= 11 is 1.44. The fourth-order valence-corrected chi connectivity index (χ4v) is 5.70. The van der Waals surface area contributed by atoms with Crippen molar-refractivity contribution < 1.29 is 5.11 Å². The number of aromatic hydroxyl groups is 1. The van der Waals surface area contributed by atoms with Crippen molar-refractivity contribution in [2.45, 2.75) is 78.2 Å². The number of thiophene rings is 1. The Morgan fingerprint density at radius 3 is 2.48 bits per heavy atom. The van der Waals surface area contributed by atoms with Gasteiger partial charge in [0.05, 0.1) is 16.6 Å². The largest absolute Gasteiger partial charge is 0.506 e. The Morgan fingerprint density at radius 1 is 1.03 bits per heavy atom. The maximum atomic E-state index is 14.0. The van der Waals surface area contributed by atoms with E-state index in [4.69, 9.17) is 4.98 Å². The molecule has 0 spiro atoms. The molecule has 0 aliphatic carbocycles. The number of benzene rings is 2. The van der Waals surface area contributed by atoms with Crippen molar-refractivity contribution in [3.63, 3.8) is 0 Å². The SMILES string of the molecule is CCCCc1cc(O)c2sc3nc(C(CC)CCCC)n(Cc4ccccc4)c(=O)c3c2c1. The number of rotatable bonds is 10. The third-order valence-corrected chi connectivity index (χ3v) is 7.65. The molecule has 4 aromatic rings. The predicted molar refractivity (Wildman–Crippen MR) is 140 cm³/mol. The van der Waals surface area contributed by atoms with Crippen molar-refractivity contribution in [1.29, 1.82) is 0 Å². The molecular formula is C28H34N2O2S. The molecule has 4 rings (SSSR count). The summed E-state index contributed by atoms with van der Waals surface area (Å²) in [5.74, 6) is 1.38. The number of aryl methyl sites for hydroxylation is 1. The van der Waals surface area contributed by atoms with Crippen LogP contribution in [0.3, 0.4) is 0 Å². The molecule has 0 aliphatic rings. The molecule has 0 saturated carbocycles. The highest BCUT2D eigenvalue weighted by Crippen LogP contribution is 2.39. The van der Waals surface area contributed by atoms with Crippen molar-refractivity contribution in [3.8, 4) is 5.75 Å². The molecule has 2 aromatic heterocycles. The van der Waals surface area contributed by atoms with Crippen LogP contribution in [0.5, 0.6) is 5.75 Å². The van der Waals surface area contributed by atoms with Gasteiger partial charge in [-0.25, -0.2) is 4.98 Å². The molecule has 5 heteroatoms. The highest BCUT2D eigenvalue weighted by atomic mass is 32.1. The Balaban J connectivity index is 1.95. The number of aromatic nitrogens is 2. The van der Waals surface area contributed by atoms with E-state index in [1.165, 1.54) is 11.3 Å². The fraction of sp³-hybridized carbons (Fsp3) is 0.429. The van der Waals surface area contributed by atoms with Crippen LogP contribution in [0, 0.1) is 0 Å². The second-order valence-corrected chi connectivity index (χ2v) is 9.97. The number of hydrogen-bond donors (Lipinski definition) is 1. The highest BCUT2D eigenvalue weighted by molar-refractivity contribution is 7.25. The van der Waals surface area contributed by atoms with Gasteiger partial charge in [0, 0.05) is 11.3 Å². The van der Waals surface area contributed by atoms with Gasteiger partial charge in [-0.3, -0.25) is 9.36 Å². The average molecular weight is 463 g/mol. The number of phenols is 1. The summed E-state index contributed by atoms with van der Waals surface area (Å²) in [7, 11) is 0. The van der Waals surface area contributed by atoms with Crippen molar-refractivity contribution >= 4 is 31.6 Å². The molecule has 0 amide bonds. The van der Waals surface area contributed by atoms with Gasteiger partial charge in [-0.15, -0.1) is 11.3 Å². The predicted octanol–water partition coefficient (Wildman–Crippen LogP) is 7.39. The molecule has 2 aromatic carbocycles. The first kappa shape index (κ1) is 23.5. The molecule has 4 nitrogen and oxygen atoms in total. The first-order chi connectivity index (χ1) is 16.1. The van der Waals surface area contributed by atoms with Gasteiger partial charge in [0.2, 0.25) is 0 Å². The Kier molecular flexibility index (Phi) is 7.49. The normalized spacial score (nSPS) is 12.6. The number of phenolic OH excluding ortho intramolecular Hbond substituents is 1. The molecular weight excluding hydrogens is 428 g/mol. The van der Waals surface area contributed by atoms with E-state index in [0.29, 0.717) is 11.9 Å². The van der Waals surface area contributed by atoms with E-state index in [9.17, 15) is 9.90 Å². The molecule has 0 radical (unpaired) electrons. The van der Waals surface area contributed by atoms with Gasteiger partial charge in [-0.1, -0.05) is 70.4 Å². The van der Waals surface area contributed by atoms with E-state index in [0.717, 1.165) is 76.8 Å². The lowest BCUT2D eigenvalue weighted by atomic mass is 9.97. The summed E-state index contributed by atoms with van der Waals surface area (Å²) in [5.41, 5.74) is 2.18. The highest BCUT2D eigenvalue weighted by Gasteiger charge is 2.22. The standard InChI is InChI=1S/C28H34N2O2S/c1-4-7-12-20-16-22-24-27(33-25(22)23(31)17-20)29-26(21(6-3)15-8-5-2)30(28(24)32)18-19-13-10-9-11-14-19/h9-11,13-14,16-17,21,31H,4-8,12,15,18H2,1-3H3. The van der Waals surface area contributed by atoms with E-state index in [1.807, 2.05) is 28.8 Å². The Morgan fingerprint density at radius 2 is 1.79 bits per heavy atom. The Bertz CT molecular complexity index is 1290. The van der Waals surface area contributed by atoms with Gasteiger partial charge in [-0.05, 0) is 48.9 Å². The molecule has 1 unspecified atom stereocenters. The molecule has 1 atom stereocenters. The van der Waals surface area contributed by atoms with Crippen molar-refractivity contribution in [3.05, 3.63) is 69.8 Å². The quantitative estimate of drug-likeness (QED) is 0.267. The second-order valence-electron chi connectivity index (χ2n) is 8.97. The van der Waals surface area contributed by atoms with Crippen LogP contribution in [0.25, 0.3) is 20.3 Å². The van der Waals surface area contributed by atoms with E-state index in [2.05, 4.69) is 39.0 Å². The third-order valence-electron chi connectivity index (χ3n) is 6.53. The Labute approximate surface area is 199 Å². The lowest BCUT2D eigenvalue weighted by molar-refractivity contribution is 0.481. The van der Waals surface area contributed by atoms with Crippen molar-refractivity contribution in [2.24, 2.45) is 0 Å². The van der Waals surface area contributed by atoms with Crippen LogP contribution in [0.15, 0.2) is 47.3 Å². The van der Waals surface area contributed by atoms with Crippen LogP contribution in [-0.2, 0) is 13.0 Å². The van der Waals surface area contributed by atoms with Crippen LogP contribution in [-0.4, -0.2) is 14.7 Å². The molecule has 1 N–H and O–H groups in total. The van der Waals surface area contributed by atoms with Crippen LogP contribution in [0.4, 0.5) is 0 Å². The van der Waals surface area contributed by atoms with Gasteiger partial charge in [0.25, 0.3) is 5.56 Å². The first-order valence-corrected chi connectivity index (χ1v) is 13.1. The Hall–Kier alpha value is -2.66. The van der Waals surface area contributed by atoms with Gasteiger partial charge in [0.15, 0.2) is 0 Å². The minimum Gasteiger partial charge on any atom is -0.506 e. The van der Waals surface area contributed by atoms with Gasteiger partial charge in [0.1, 0.15) is 16.4 Å². The van der Waals surface area contributed by atoms with Crippen LogP contribution >= 0.6 is 11.3 Å². The molecule has 0 bridgehead atoms. The molecule has 0 fully saturated rings. The van der Waals surface area contributed by atoms with Gasteiger partial charge >= 0.3 is 0 Å². The fourth-order valence-electron chi connectivity index (χ4n) is 4.64. The number of fused-ring (bicyclic) bond motifs is 3. The smallest absolute Gasteiger partial charge is 0.263 e.